The molecule has 5 rings (SSSR count). The van der Waals surface area contributed by atoms with Crippen molar-refractivity contribution in [2.75, 3.05) is 27.2 Å². The molecule has 1 saturated heterocycles. The Hall–Kier alpha value is -5.43. The van der Waals surface area contributed by atoms with Crippen molar-refractivity contribution in [3.63, 3.8) is 0 Å². The van der Waals surface area contributed by atoms with Crippen LogP contribution in [0.2, 0.25) is 0 Å². The van der Waals surface area contributed by atoms with Gasteiger partial charge in [-0.1, -0.05) is 76.4 Å². The van der Waals surface area contributed by atoms with Gasteiger partial charge in [0.05, 0.1) is 29.9 Å². The summed E-state index contributed by atoms with van der Waals surface area (Å²) in [6.07, 6.45) is 9.73. The molecule has 1 aromatic heterocycles. The monoisotopic (exact) mass is 961 g/mol. The van der Waals surface area contributed by atoms with Gasteiger partial charge in [0.25, 0.3) is 0 Å². The van der Waals surface area contributed by atoms with E-state index < -0.39 is 54.1 Å². The molecule has 1 aliphatic heterocycles. The fourth-order valence-corrected chi connectivity index (χ4v) is 9.36. The minimum absolute atomic E-state index is 0.0597. The zero-order valence-electron chi connectivity index (χ0n) is 42.4. The van der Waals surface area contributed by atoms with Crippen molar-refractivity contribution < 1.29 is 33.6 Å². The van der Waals surface area contributed by atoms with Gasteiger partial charge in [0.15, 0.2) is 0 Å². The molecule has 3 aliphatic rings. The van der Waals surface area contributed by atoms with Crippen molar-refractivity contribution in [3.05, 3.63) is 47.3 Å². The first kappa shape index (κ1) is 54.5. The van der Waals surface area contributed by atoms with E-state index in [9.17, 15) is 33.6 Å². The maximum atomic E-state index is 14.8. The standard InChI is InChI=1S/C50H80N12O7/c1-29(2)31(5)54-47(66)40(56-49(68)43(30(3)4)57-45(64)32(6)51-8)24-25-53-42(63)23-22-36-27-62(60-59-36)37-26-41(48(67)55-39-21-15-19-34-16-13-14-20-38(34)39)61(28-37)50(69)44(35-17-11-10-12-18-35)58-46(65)33(7)52-9/h13-14,16,20,27,29-33,35,37,39-41,43-44,51-52H,10-12,15,17-19,21-26,28H2,1-9H3,(H,53,63)(H,54,66)(H,55,67)(H,56,68)(H,57,64)(H,58,65)/t31-,32+,33+,37+,39-,40+,41+,43?,44+/m1/s1. The second-order valence-corrected chi connectivity index (χ2v) is 20.1. The van der Waals surface area contributed by atoms with Crippen molar-refractivity contribution >= 4 is 41.4 Å². The highest BCUT2D eigenvalue weighted by atomic mass is 16.2. The molecule has 0 spiro atoms. The molecule has 382 valence electrons. The Kier molecular flexibility index (Phi) is 20.5. The molecular formula is C50H80N12O7. The quantitative estimate of drug-likeness (QED) is 0.0802. The van der Waals surface area contributed by atoms with E-state index >= 15 is 0 Å². The summed E-state index contributed by atoms with van der Waals surface area (Å²) in [5.41, 5.74) is 2.84. The van der Waals surface area contributed by atoms with Crippen LogP contribution in [0.25, 0.3) is 0 Å². The number of likely N-dealkylation sites (tertiary alicyclic amines) is 1. The third-order valence-electron chi connectivity index (χ3n) is 14.4. The molecule has 2 fully saturated rings. The van der Waals surface area contributed by atoms with Gasteiger partial charge in [-0.25, -0.2) is 4.68 Å². The van der Waals surface area contributed by atoms with Crippen LogP contribution in [0, 0.1) is 17.8 Å². The third kappa shape index (κ3) is 15.0. The second-order valence-electron chi connectivity index (χ2n) is 20.1. The van der Waals surface area contributed by atoms with E-state index in [1.54, 1.807) is 43.7 Å². The van der Waals surface area contributed by atoms with E-state index in [1.165, 1.54) is 5.56 Å². The molecule has 1 unspecified atom stereocenters. The Morgan fingerprint density at radius 1 is 0.754 bits per heavy atom. The molecule has 0 radical (unpaired) electrons. The number of hydrogen-bond acceptors (Lipinski definition) is 11. The number of rotatable bonds is 23. The van der Waals surface area contributed by atoms with Crippen LogP contribution < -0.4 is 42.5 Å². The highest BCUT2D eigenvalue weighted by Gasteiger charge is 2.46. The Balaban J connectivity index is 1.25. The van der Waals surface area contributed by atoms with Crippen LogP contribution in [-0.2, 0) is 46.4 Å². The number of nitrogens with one attached hydrogen (secondary N) is 8. The van der Waals surface area contributed by atoms with Gasteiger partial charge in [-0.05, 0) is 102 Å². The van der Waals surface area contributed by atoms with Crippen LogP contribution >= 0.6 is 0 Å². The van der Waals surface area contributed by atoms with Crippen molar-refractivity contribution in [2.45, 2.75) is 180 Å². The van der Waals surface area contributed by atoms with Gasteiger partial charge in [-0.2, -0.15) is 0 Å². The van der Waals surface area contributed by atoms with Crippen LogP contribution in [0.1, 0.15) is 142 Å². The number of nitrogens with zero attached hydrogens (tertiary/aromatic N) is 4. The smallest absolute Gasteiger partial charge is 0.246 e. The predicted molar refractivity (Wildman–Crippen MR) is 262 cm³/mol. The maximum Gasteiger partial charge on any atom is 0.246 e. The Labute approximate surface area is 408 Å². The molecule has 69 heavy (non-hydrogen) atoms. The summed E-state index contributed by atoms with van der Waals surface area (Å²) in [4.78, 5) is 97.1. The van der Waals surface area contributed by atoms with Crippen LogP contribution in [0.5, 0.6) is 0 Å². The first-order valence-electron chi connectivity index (χ1n) is 25.3. The van der Waals surface area contributed by atoms with Gasteiger partial charge < -0.3 is 47.4 Å². The minimum Gasteiger partial charge on any atom is -0.356 e. The summed E-state index contributed by atoms with van der Waals surface area (Å²) < 4.78 is 1.67. The Morgan fingerprint density at radius 3 is 2.10 bits per heavy atom. The molecule has 8 N–H and O–H groups in total. The molecule has 19 heteroatoms. The van der Waals surface area contributed by atoms with Crippen LogP contribution in [0.15, 0.2) is 30.5 Å². The third-order valence-corrected chi connectivity index (χ3v) is 14.4. The number of likely N-dealkylation sites (N-methyl/N-ethyl adjacent to an activating group) is 2. The summed E-state index contributed by atoms with van der Waals surface area (Å²) in [5, 5.41) is 32.4. The number of aromatic nitrogens is 3. The molecular weight excluding hydrogens is 881 g/mol. The van der Waals surface area contributed by atoms with Crippen molar-refractivity contribution in [1.29, 1.82) is 0 Å². The fraction of sp³-hybridized carbons (Fsp3) is 0.700. The number of carbonyl (C=O) groups excluding carboxylic acids is 7. The lowest BCUT2D eigenvalue weighted by molar-refractivity contribution is -0.143. The zero-order chi connectivity index (χ0) is 50.4. The van der Waals surface area contributed by atoms with Crippen LogP contribution in [0.4, 0.5) is 0 Å². The number of aryl methyl sites for hydroxylation is 2. The lowest BCUT2D eigenvalue weighted by atomic mass is 9.83. The van der Waals surface area contributed by atoms with E-state index in [-0.39, 0.29) is 98.1 Å². The van der Waals surface area contributed by atoms with Gasteiger partial charge in [-0.15, -0.1) is 5.10 Å². The topological polar surface area (TPSA) is 250 Å². The minimum atomic E-state index is -0.979. The summed E-state index contributed by atoms with van der Waals surface area (Å²) >= 11 is 0. The van der Waals surface area contributed by atoms with Crippen molar-refractivity contribution in [2.24, 2.45) is 17.8 Å². The maximum absolute atomic E-state index is 14.8. The van der Waals surface area contributed by atoms with E-state index in [0.717, 1.165) is 56.9 Å². The van der Waals surface area contributed by atoms with Crippen molar-refractivity contribution in [3.8, 4) is 0 Å². The molecule has 9 atom stereocenters. The average Bonchev–Trinajstić information content (AvgIpc) is 4.01. The summed E-state index contributed by atoms with van der Waals surface area (Å²) in [7, 11) is 3.35. The lowest BCUT2D eigenvalue weighted by Crippen LogP contribution is -2.58. The van der Waals surface area contributed by atoms with Gasteiger partial charge >= 0.3 is 0 Å². The molecule has 7 amide bonds. The summed E-state index contributed by atoms with van der Waals surface area (Å²) in [6, 6.07) is 2.87. The van der Waals surface area contributed by atoms with E-state index in [4.69, 9.17) is 0 Å². The number of carbonyl (C=O) groups is 7. The lowest BCUT2D eigenvalue weighted by Gasteiger charge is -2.35. The van der Waals surface area contributed by atoms with Gasteiger partial charge in [-0.3, -0.25) is 33.6 Å². The average molecular weight is 961 g/mol. The van der Waals surface area contributed by atoms with Gasteiger partial charge in [0.2, 0.25) is 41.4 Å². The molecule has 1 saturated carbocycles. The molecule has 0 bridgehead atoms. The van der Waals surface area contributed by atoms with Gasteiger partial charge in [0.1, 0.15) is 24.2 Å². The van der Waals surface area contributed by atoms with Crippen LogP contribution in [0.3, 0.4) is 0 Å². The fourth-order valence-electron chi connectivity index (χ4n) is 9.36. The van der Waals surface area contributed by atoms with E-state index in [2.05, 4.69) is 65.0 Å². The number of amides is 7. The second kappa shape index (κ2) is 26.0. The predicted octanol–water partition coefficient (Wildman–Crippen LogP) is 2.12. The van der Waals surface area contributed by atoms with E-state index in [0.29, 0.717) is 5.69 Å². The molecule has 2 aliphatic carbocycles. The van der Waals surface area contributed by atoms with Crippen LogP contribution in [-0.4, -0.2) is 131 Å². The molecule has 2 heterocycles. The highest BCUT2D eigenvalue weighted by molar-refractivity contribution is 5.94. The first-order valence-corrected chi connectivity index (χ1v) is 25.3. The van der Waals surface area contributed by atoms with E-state index in [1.807, 2.05) is 46.8 Å². The summed E-state index contributed by atoms with van der Waals surface area (Å²) in [6.45, 7) is 13.2. The molecule has 2 aromatic rings. The number of benzene rings is 1. The van der Waals surface area contributed by atoms with Crippen molar-refractivity contribution in [1.82, 2.24) is 62.4 Å². The first-order chi connectivity index (χ1) is 32.9. The summed E-state index contributed by atoms with van der Waals surface area (Å²) in [5.74, 6) is -2.51. The largest absolute Gasteiger partial charge is 0.356 e. The molecule has 19 nitrogen and oxygen atoms in total. The highest BCUT2D eigenvalue weighted by Crippen LogP contribution is 2.34. The zero-order valence-corrected chi connectivity index (χ0v) is 42.4. The van der Waals surface area contributed by atoms with Gasteiger partial charge in [0, 0.05) is 44.6 Å². The Bertz CT molecular complexity index is 2070. The Morgan fingerprint density at radius 2 is 1.43 bits per heavy atom. The SMILES string of the molecule is CN[C@@H](C)C(=O)NC(C(=O)N[C@@H](CCNC(=O)CCc1cn([C@H]2C[C@@H](C(=O)N[C@@H]3CCCc4ccccc43)N(C(=O)[C@@H](NC(=O)[C@H](C)NC)C3CCCCC3)C2)nn1)C(=O)N[C@H](C)C(C)C)C(C)C. The number of fused-ring (bicyclic) bond motifs is 1. The molecule has 1 aromatic carbocycles. The number of hydrogen-bond donors (Lipinski definition) is 8. The normalized spacial score (nSPS) is 21.0.